The van der Waals surface area contributed by atoms with Crippen molar-refractivity contribution in [1.82, 2.24) is 10.2 Å². The number of ether oxygens (including phenoxy) is 4. The van der Waals surface area contributed by atoms with E-state index < -0.39 is 35.3 Å². The second-order valence-corrected chi connectivity index (χ2v) is 13.5. The first-order valence-corrected chi connectivity index (χ1v) is 19.1. The lowest BCUT2D eigenvalue weighted by atomic mass is 9.80. The molecular weight excluding hydrogens is 714 g/mol. The van der Waals surface area contributed by atoms with Gasteiger partial charge in [0.1, 0.15) is 11.6 Å². The molecular formula is C44H47N3O9. The number of nitrogens with zero attached hydrogens (tertiary/aromatic N) is 1. The molecule has 2 aliphatic rings. The van der Waals surface area contributed by atoms with Crippen molar-refractivity contribution in [3.63, 3.8) is 0 Å². The molecule has 292 valence electrons. The van der Waals surface area contributed by atoms with Gasteiger partial charge in [-0.2, -0.15) is 0 Å². The molecule has 1 saturated heterocycles. The summed E-state index contributed by atoms with van der Waals surface area (Å²) in [6, 6.07) is 34.2. The number of carbonyl (C=O) groups excluding carboxylic acids is 5. The van der Waals surface area contributed by atoms with Gasteiger partial charge in [0.25, 0.3) is 11.8 Å². The summed E-state index contributed by atoms with van der Waals surface area (Å²) >= 11 is 0. The highest BCUT2D eigenvalue weighted by atomic mass is 16.6. The zero-order valence-corrected chi connectivity index (χ0v) is 31.3. The van der Waals surface area contributed by atoms with Crippen LogP contribution in [0.15, 0.2) is 109 Å². The van der Waals surface area contributed by atoms with Crippen LogP contribution in [-0.2, 0) is 38.9 Å². The summed E-state index contributed by atoms with van der Waals surface area (Å²) in [7, 11) is 0. The van der Waals surface area contributed by atoms with Gasteiger partial charge in [-0.25, -0.2) is 0 Å². The first-order chi connectivity index (χ1) is 27.4. The van der Waals surface area contributed by atoms with Gasteiger partial charge < -0.3 is 24.3 Å². The molecule has 2 N–H and O–H groups in total. The van der Waals surface area contributed by atoms with E-state index in [-0.39, 0.29) is 42.0 Å². The summed E-state index contributed by atoms with van der Waals surface area (Å²) < 4.78 is 23.9. The lowest BCUT2D eigenvalue weighted by molar-refractivity contribution is -0.136. The number of carbonyl (C=O) groups is 5. The van der Waals surface area contributed by atoms with E-state index in [0.717, 1.165) is 34.4 Å². The van der Waals surface area contributed by atoms with Crippen molar-refractivity contribution in [2.45, 2.75) is 50.2 Å². The summed E-state index contributed by atoms with van der Waals surface area (Å²) in [6.07, 6.45) is 2.45. The first kappa shape index (κ1) is 40.1. The van der Waals surface area contributed by atoms with Crippen molar-refractivity contribution in [3.05, 3.63) is 137 Å². The molecule has 0 aromatic heterocycles. The zero-order valence-electron chi connectivity index (χ0n) is 31.3. The minimum absolute atomic E-state index is 0.0298. The van der Waals surface area contributed by atoms with Gasteiger partial charge in [0.2, 0.25) is 17.7 Å². The Morgan fingerprint density at radius 3 is 1.77 bits per heavy atom. The molecule has 4 aromatic rings. The summed E-state index contributed by atoms with van der Waals surface area (Å²) in [4.78, 5) is 63.8. The molecule has 0 saturated carbocycles. The Morgan fingerprint density at radius 1 is 0.643 bits per heavy atom. The standard InChI is InChI=1S/C44H47N3O9/c48-38(45-36-21-13-20-35-40(36)43(52)47(42(35)51)37-23-24-39(49)46-41(37)50)22-11-4-12-25-53-26-27-54-28-29-55-30-31-56-44(32-14-5-1-6-15-32,33-16-7-2-8-17-33)34-18-9-3-10-19-34/h1-3,5-10,13-21,37H,4,11-12,22-31H2,(H,45,48)(H,46,49,50). The van der Waals surface area contributed by atoms with Crippen molar-refractivity contribution < 1.29 is 42.9 Å². The molecule has 12 nitrogen and oxygen atoms in total. The maximum Gasteiger partial charge on any atom is 0.264 e. The first-order valence-electron chi connectivity index (χ1n) is 19.1. The zero-order chi connectivity index (χ0) is 39.2. The maximum absolute atomic E-state index is 13.2. The topological polar surface area (TPSA) is 150 Å². The number of hydrogen-bond donors (Lipinski definition) is 2. The predicted octanol–water partition coefficient (Wildman–Crippen LogP) is 5.65. The fourth-order valence-corrected chi connectivity index (χ4v) is 7.06. The van der Waals surface area contributed by atoms with Gasteiger partial charge in [-0.3, -0.25) is 34.2 Å². The van der Waals surface area contributed by atoms with Crippen LogP contribution in [0.4, 0.5) is 5.69 Å². The van der Waals surface area contributed by atoms with E-state index >= 15 is 0 Å². The van der Waals surface area contributed by atoms with E-state index in [1.54, 1.807) is 12.1 Å². The normalized spacial score (nSPS) is 15.5. The van der Waals surface area contributed by atoms with Crippen molar-refractivity contribution >= 4 is 35.2 Å². The van der Waals surface area contributed by atoms with Gasteiger partial charge >= 0.3 is 0 Å². The van der Waals surface area contributed by atoms with Crippen LogP contribution in [0.1, 0.15) is 75.9 Å². The van der Waals surface area contributed by atoms with E-state index in [2.05, 4.69) is 47.0 Å². The highest BCUT2D eigenvalue weighted by Gasteiger charge is 2.45. The number of piperidine rings is 1. The fraction of sp³-hybridized carbons (Fsp3) is 0.341. The summed E-state index contributed by atoms with van der Waals surface area (Å²) in [5.41, 5.74) is 2.73. The Hall–Kier alpha value is -5.53. The number of anilines is 1. The Balaban J connectivity index is 0.831. The molecule has 0 aliphatic carbocycles. The van der Waals surface area contributed by atoms with E-state index in [1.165, 1.54) is 6.07 Å². The Kier molecular flexibility index (Phi) is 14.2. The molecule has 2 aliphatic heterocycles. The lowest BCUT2D eigenvalue weighted by Crippen LogP contribution is -2.54. The number of nitrogens with one attached hydrogen (secondary N) is 2. The molecule has 56 heavy (non-hydrogen) atoms. The van der Waals surface area contributed by atoms with Crippen LogP contribution in [0.25, 0.3) is 0 Å². The van der Waals surface area contributed by atoms with Crippen LogP contribution in [0.5, 0.6) is 0 Å². The molecule has 6 rings (SSSR count). The van der Waals surface area contributed by atoms with E-state index in [1.807, 2.05) is 54.6 Å². The number of unbranched alkanes of at least 4 members (excludes halogenated alkanes) is 2. The number of hydrogen-bond acceptors (Lipinski definition) is 9. The third-order valence-corrected chi connectivity index (χ3v) is 9.77. The third-order valence-electron chi connectivity index (χ3n) is 9.77. The molecule has 1 atom stereocenters. The number of rotatable bonds is 21. The van der Waals surface area contributed by atoms with Gasteiger partial charge in [-0.1, -0.05) is 103 Å². The predicted molar refractivity (Wildman–Crippen MR) is 208 cm³/mol. The minimum Gasteiger partial charge on any atom is -0.379 e. The lowest BCUT2D eigenvalue weighted by Gasteiger charge is -2.36. The van der Waals surface area contributed by atoms with Crippen molar-refractivity contribution in [3.8, 4) is 0 Å². The minimum atomic E-state index is -1.07. The number of benzene rings is 4. The molecule has 0 spiro atoms. The van der Waals surface area contributed by atoms with Crippen LogP contribution in [0.2, 0.25) is 0 Å². The van der Waals surface area contributed by atoms with Gasteiger partial charge in [-0.05, 0) is 48.1 Å². The summed E-state index contributed by atoms with van der Waals surface area (Å²) in [5, 5.41) is 4.93. The maximum atomic E-state index is 13.2. The van der Waals surface area contributed by atoms with E-state index in [4.69, 9.17) is 18.9 Å². The SMILES string of the molecule is O=C1CCC(N2C(=O)c3cccc(NC(=O)CCCCCOCCOCCOCCOC(c4ccccc4)(c4ccccc4)c4ccccc4)c3C2=O)C(=O)N1. The summed E-state index contributed by atoms with van der Waals surface area (Å²) in [6.45, 7) is 3.05. The van der Waals surface area contributed by atoms with Gasteiger partial charge in [-0.15, -0.1) is 0 Å². The fourth-order valence-electron chi connectivity index (χ4n) is 7.06. The van der Waals surface area contributed by atoms with Gasteiger partial charge in [0, 0.05) is 19.4 Å². The molecule has 0 bridgehead atoms. The van der Waals surface area contributed by atoms with Gasteiger partial charge in [0.05, 0.1) is 56.5 Å². The van der Waals surface area contributed by atoms with Crippen molar-refractivity contribution in [1.29, 1.82) is 0 Å². The van der Waals surface area contributed by atoms with E-state index in [0.29, 0.717) is 52.7 Å². The van der Waals surface area contributed by atoms with Crippen LogP contribution >= 0.6 is 0 Å². The summed E-state index contributed by atoms with van der Waals surface area (Å²) in [5.74, 6) is -2.70. The monoisotopic (exact) mass is 761 g/mol. The van der Waals surface area contributed by atoms with Crippen LogP contribution in [0.3, 0.4) is 0 Å². The number of imide groups is 2. The second-order valence-electron chi connectivity index (χ2n) is 13.5. The smallest absolute Gasteiger partial charge is 0.264 e. The van der Waals surface area contributed by atoms with Crippen molar-refractivity contribution in [2.75, 3.05) is 51.6 Å². The van der Waals surface area contributed by atoms with Crippen LogP contribution < -0.4 is 10.6 Å². The quantitative estimate of drug-likeness (QED) is 0.0625. The average molecular weight is 762 g/mol. The largest absolute Gasteiger partial charge is 0.379 e. The highest BCUT2D eigenvalue weighted by Crippen LogP contribution is 2.40. The number of amides is 5. The molecule has 2 heterocycles. The average Bonchev–Trinajstić information content (AvgIpc) is 3.48. The Bertz CT molecular complexity index is 1860. The Labute approximate surface area is 326 Å². The van der Waals surface area contributed by atoms with Crippen molar-refractivity contribution in [2.24, 2.45) is 0 Å². The van der Waals surface area contributed by atoms with Gasteiger partial charge in [0.15, 0.2) is 0 Å². The molecule has 5 amide bonds. The third kappa shape index (κ3) is 9.64. The van der Waals surface area contributed by atoms with E-state index in [9.17, 15) is 24.0 Å². The molecule has 1 unspecified atom stereocenters. The second kappa shape index (κ2) is 19.9. The Morgan fingerprint density at radius 2 is 1.20 bits per heavy atom. The van der Waals surface area contributed by atoms with Crippen LogP contribution in [0, 0.1) is 0 Å². The molecule has 12 heteroatoms. The highest BCUT2D eigenvalue weighted by molar-refractivity contribution is 6.26. The molecule has 0 radical (unpaired) electrons. The van der Waals surface area contributed by atoms with Crippen LogP contribution in [-0.4, -0.2) is 86.7 Å². The molecule has 1 fully saturated rings. The molecule has 4 aromatic carbocycles. The number of fused-ring (bicyclic) bond motifs is 1.